The van der Waals surface area contributed by atoms with Gasteiger partial charge in [-0.15, -0.1) is 0 Å². The number of carbonyl (C=O) groups is 3. The van der Waals surface area contributed by atoms with Crippen molar-refractivity contribution in [3.05, 3.63) is 0 Å². The highest BCUT2D eigenvalue weighted by atomic mass is 16.4. The highest BCUT2D eigenvalue weighted by Gasteiger charge is 2.28. The van der Waals surface area contributed by atoms with Crippen LogP contribution in [0.5, 0.6) is 0 Å². The van der Waals surface area contributed by atoms with E-state index in [-0.39, 0.29) is 18.2 Å². The zero-order valence-corrected chi connectivity index (χ0v) is 8.73. The van der Waals surface area contributed by atoms with Gasteiger partial charge in [0.1, 0.15) is 6.04 Å². The van der Waals surface area contributed by atoms with Crippen LogP contribution in [0.15, 0.2) is 0 Å². The van der Waals surface area contributed by atoms with Crippen molar-refractivity contribution >= 4 is 17.8 Å². The van der Waals surface area contributed by atoms with Gasteiger partial charge >= 0.3 is 5.97 Å². The van der Waals surface area contributed by atoms with E-state index in [0.717, 1.165) is 6.54 Å². The first-order chi connectivity index (χ1) is 7.50. The summed E-state index contributed by atoms with van der Waals surface area (Å²) < 4.78 is 0. The predicted octanol–water partition coefficient (Wildman–Crippen LogP) is -1.96. The highest BCUT2D eigenvalue weighted by Crippen LogP contribution is 2.08. The van der Waals surface area contributed by atoms with Crippen molar-refractivity contribution in [2.75, 3.05) is 13.1 Å². The summed E-state index contributed by atoms with van der Waals surface area (Å²) in [6.45, 7) is 1.28. The van der Waals surface area contributed by atoms with E-state index < -0.39 is 17.9 Å². The molecule has 0 aromatic rings. The van der Waals surface area contributed by atoms with E-state index in [0.29, 0.717) is 13.0 Å². The van der Waals surface area contributed by atoms with Crippen molar-refractivity contribution in [1.29, 1.82) is 0 Å². The number of carboxylic acid groups (broad SMARTS) is 1. The first-order valence-electron chi connectivity index (χ1n) is 5.03. The predicted molar refractivity (Wildman–Crippen MR) is 54.4 cm³/mol. The number of carboxylic acids is 1. The molecule has 1 aliphatic heterocycles. The number of amides is 2. The van der Waals surface area contributed by atoms with Crippen molar-refractivity contribution in [2.24, 2.45) is 11.7 Å². The molecule has 16 heavy (non-hydrogen) atoms. The Bertz CT molecular complexity index is 299. The van der Waals surface area contributed by atoms with Crippen LogP contribution in [0.1, 0.15) is 12.8 Å². The molecular weight excluding hydrogens is 214 g/mol. The Balaban J connectivity index is 2.50. The lowest BCUT2D eigenvalue weighted by molar-refractivity contribution is -0.143. The van der Waals surface area contributed by atoms with Crippen LogP contribution in [-0.2, 0) is 14.4 Å². The maximum absolute atomic E-state index is 11.6. The third-order valence-electron chi connectivity index (χ3n) is 2.45. The average molecular weight is 229 g/mol. The summed E-state index contributed by atoms with van der Waals surface area (Å²) in [6, 6.07) is -1.23. The van der Waals surface area contributed by atoms with E-state index in [2.05, 4.69) is 10.6 Å². The molecule has 7 nitrogen and oxygen atoms in total. The third-order valence-corrected chi connectivity index (χ3v) is 2.45. The van der Waals surface area contributed by atoms with Gasteiger partial charge in [0, 0.05) is 6.54 Å². The van der Waals surface area contributed by atoms with E-state index in [4.69, 9.17) is 10.8 Å². The Morgan fingerprint density at radius 2 is 2.19 bits per heavy atom. The van der Waals surface area contributed by atoms with Gasteiger partial charge in [0.05, 0.1) is 12.3 Å². The van der Waals surface area contributed by atoms with E-state index >= 15 is 0 Å². The molecule has 1 unspecified atom stereocenters. The smallest absolute Gasteiger partial charge is 0.326 e. The van der Waals surface area contributed by atoms with Gasteiger partial charge in [-0.2, -0.15) is 0 Å². The SMILES string of the molecule is NC(=O)C[C@H](NC(=O)C1CCNC1)C(=O)O. The fraction of sp³-hybridized carbons (Fsp3) is 0.667. The van der Waals surface area contributed by atoms with Gasteiger partial charge in [-0.05, 0) is 13.0 Å². The first-order valence-corrected chi connectivity index (χ1v) is 5.03. The summed E-state index contributed by atoms with van der Waals surface area (Å²) in [5.41, 5.74) is 4.89. The Kier molecular flexibility index (Phi) is 4.24. The molecular formula is C9H15N3O4. The Morgan fingerprint density at radius 1 is 1.50 bits per heavy atom. The van der Waals surface area contributed by atoms with Crippen LogP contribution in [-0.4, -0.2) is 42.0 Å². The lowest BCUT2D eigenvalue weighted by Crippen LogP contribution is -2.46. The van der Waals surface area contributed by atoms with Gasteiger partial charge in [0.2, 0.25) is 11.8 Å². The van der Waals surface area contributed by atoms with E-state index in [1.54, 1.807) is 0 Å². The quantitative estimate of drug-likeness (QED) is 0.436. The molecule has 0 bridgehead atoms. The molecule has 1 saturated heterocycles. The zero-order valence-electron chi connectivity index (χ0n) is 8.73. The number of rotatable bonds is 5. The fourth-order valence-corrected chi connectivity index (χ4v) is 1.57. The normalized spacial score (nSPS) is 21.4. The van der Waals surface area contributed by atoms with Gasteiger partial charge in [-0.3, -0.25) is 9.59 Å². The Hall–Kier alpha value is -1.63. The number of hydrogen-bond acceptors (Lipinski definition) is 4. The molecule has 5 N–H and O–H groups in total. The number of primary amides is 1. The minimum atomic E-state index is -1.25. The molecule has 0 radical (unpaired) electrons. The molecule has 1 rings (SSSR count). The standard InChI is InChI=1S/C9H15N3O4/c10-7(13)3-6(9(15)16)12-8(14)5-1-2-11-4-5/h5-6,11H,1-4H2,(H2,10,13)(H,12,14)(H,15,16)/t5?,6-/m0/s1. The summed E-state index contributed by atoms with van der Waals surface area (Å²) in [5.74, 6) is -2.58. The molecule has 0 spiro atoms. The number of carbonyl (C=O) groups excluding carboxylic acids is 2. The van der Waals surface area contributed by atoms with Crippen LogP contribution in [0.2, 0.25) is 0 Å². The first kappa shape index (κ1) is 12.4. The molecule has 1 fully saturated rings. The second-order valence-corrected chi connectivity index (χ2v) is 3.76. The topological polar surface area (TPSA) is 122 Å². The van der Waals surface area contributed by atoms with Crippen LogP contribution in [0.4, 0.5) is 0 Å². The minimum absolute atomic E-state index is 0.227. The molecule has 1 heterocycles. The molecule has 7 heteroatoms. The molecule has 2 atom stereocenters. The monoisotopic (exact) mass is 229 g/mol. The van der Waals surface area contributed by atoms with Crippen molar-refractivity contribution < 1.29 is 19.5 Å². The van der Waals surface area contributed by atoms with Crippen LogP contribution >= 0.6 is 0 Å². The van der Waals surface area contributed by atoms with Crippen molar-refractivity contribution in [3.8, 4) is 0 Å². The van der Waals surface area contributed by atoms with Crippen LogP contribution in [0.25, 0.3) is 0 Å². The fourth-order valence-electron chi connectivity index (χ4n) is 1.57. The highest BCUT2D eigenvalue weighted by molar-refractivity contribution is 5.89. The van der Waals surface area contributed by atoms with Crippen LogP contribution in [0.3, 0.4) is 0 Å². The Labute approximate surface area is 92.4 Å². The second-order valence-electron chi connectivity index (χ2n) is 3.76. The summed E-state index contributed by atoms with van der Waals surface area (Å²) in [6.07, 6.45) is 0.288. The maximum Gasteiger partial charge on any atom is 0.326 e. The lowest BCUT2D eigenvalue weighted by atomic mass is 10.1. The Morgan fingerprint density at radius 3 is 2.62 bits per heavy atom. The summed E-state index contributed by atoms with van der Waals surface area (Å²) in [7, 11) is 0. The number of nitrogens with one attached hydrogen (secondary N) is 2. The lowest BCUT2D eigenvalue weighted by Gasteiger charge is -2.15. The molecule has 0 aromatic heterocycles. The summed E-state index contributed by atoms with van der Waals surface area (Å²) >= 11 is 0. The van der Waals surface area contributed by atoms with Gasteiger partial charge in [-0.1, -0.05) is 0 Å². The molecule has 1 aliphatic rings. The van der Waals surface area contributed by atoms with Crippen molar-refractivity contribution in [2.45, 2.75) is 18.9 Å². The van der Waals surface area contributed by atoms with E-state index in [1.807, 2.05) is 0 Å². The van der Waals surface area contributed by atoms with Gasteiger partial charge in [-0.25, -0.2) is 4.79 Å². The second kappa shape index (κ2) is 5.45. The van der Waals surface area contributed by atoms with E-state index in [9.17, 15) is 14.4 Å². The minimum Gasteiger partial charge on any atom is -0.480 e. The summed E-state index contributed by atoms with van der Waals surface area (Å²) in [5, 5.41) is 14.1. The number of hydrogen-bond donors (Lipinski definition) is 4. The largest absolute Gasteiger partial charge is 0.480 e. The molecule has 90 valence electrons. The van der Waals surface area contributed by atoms with E-state index in [1.165, 1.54) is 0 Å². The third kappa shape index (κ3) is 3.50. The van der Waals surface area contributed by atoms with Crippen LogP contribution in [0, 0.1) is 5.92 Å². The molecule has 0 aliphatic carbocycles. The molecule has 2 amide bonds. The maximum atomic E-state index is 11.6. The van der Waals surface area contributed by atoms with Crippen molar-refractivity contribution in [1.82, 2.24) is 10.6 Å². The molecule has 0 aromatic carbocycles. The van der Waals surface area contributed by atoms with Gasteiger partial charge in [0.25, 0.3) is 0 Å². The van der Waals surface area contributed by atoms with Crippen molar-refractivity contribution in [3.63, 3.8) is 0 Å². The number of nitrogens with two attached hydrogens (primary N) is 1. The van der Waals surface area contributed by atoms with Gasteiger partial charge < -0.3 is 21.5 Å². The number of aliphatic carboxylic acids is 1. The molecule has 0 saturated carbocycles. The van der Waals surface area contributed by atoms with Crippen LogP contribution < -0.4 is 16.4 Å². The average Bonchev–Trinajstić information content (AvgIpc) is 2.68. The summed E-state index contributed by atoms with van der Waals surface area (Å²) in [4.78, 5) is 32.9. The zero-order chi connectivity index (χ0) is 12.1. The van der Waals surface area contributed by atoms with Gasteiger partial charge in [0.15, 0.2) is 0 Å².